The third-order valence-electron chi connectivity index (χ3n) is 3.49. The third kappa shape index (κ3) is 4.42. The monoisotopic (exact) mass is 326 g/mol. The molecule has 2 aromatic rings. The normalized spacial score (nSPS) is 12.4. The van der Waals surface area contributed by atoms with Crippen molar-refractivity contribution in [2.45, 2.75) is 25.8 Å². The average molecular weight is 327 g/mol. The second-order valence-electron chi connectivity index (χ2n) is 5.08. The SMILES string of the molecule is Cc1ccc(F)cc1CC(Cc1ccc(Cl)cc1Cl)NN. The molecule has 0 fully saturated rings. The highest BCUT2D eigenvalue weighted by molar-refractivity contribution is 6.35. The van der Waals surface area contributed by atoms with Crippen LogP contribution in [0.1, 0.15) is 16.7 Å². The minimum atomic E-state index is -0.240. The molecule has 0 aliphatic rings. The van der Waals surface area contributed by atoms with Crippen LogP contribution in [0.3, 0.4) is 0 Å². The number of rotatable bonds is 5. The molecule has 2 rings (SSSR count). The van der Waals surface area contributed by atoms with Crippen LogP contribution in [0.2, 0.25) is 10.0 Å². The maximum Gasteiger partial charge on any atom is 0.123 e. The van der Waals surface area contributed by atoms with Gasteiger partial charge in [0.15, 0.2) is 0 Å². The molecule has 0 amide bonds. The van der Waals surface area contributed by atoms with Gasteiger partial charge in [-0.2, -0.15) is 0 Å². The zero-order valence-electron chi connectivity index (χ0n) is 11.7. The number of nitrogens with one attached hydrogen (secondary N) is 1. The minimum absolute atomic E-state index is 0.0378. The van der Waals surface area contributed by atoms with Crippen LogP contribution in [0.15, 0.2) is 36.4 Å². The molecule has 2 aromatic carbocycles. The Balaban J connectivity index is 2.14. The van der Waals surface area contributed by atoms with Crippen LogP contribution >= 0.6 is 23.2 Å². The Hall–Kier alpha value is -1.13. The van der Waals surface area contributed by atoms with Gasteiger partial charge in [-0.3, -0.25) is 11.3 Å². The van der Waals surface area contributed by atoms with Crippen LogP contribution < -0.4 is 11.3 Å². The Morgan fingerprint density at radius 3 is 2.48 bits per heavy atom. The van der Waals surface area contributed by atoms with E-state index < -0.39 is 0 Å². The number of hydrazine groups is 1. The van der Waals surface area contributed by atoms with Crippen molar-refractivity contribution >= 4 is 23.2 Å². The van der Waals surface area contributed by atoms with Crippen molar-refractivity contribution < 1.29 is 4.39 Å². The van der Waals surface area contributed by atoms with Crippen LogP contribution in [0.25, 0.3) is 0 Å². The molecule has 0 aliphatic carbocycles. The lowest BCUT2D eigenvalue weighted by molar-refractivity contribution is 0.519. The van der Waals surface area contributed by atoms with Crippen molar-refractivity contribution in [2.24, 2.45) is 5.84 Å². The average Bonchev–Trinajstić information content (AvgIpc) is 2.44. The van der Waals surface area contributed by atoms with Crippen molar-refractivity contribution in [1.29, 1.82) is 0 Å². The van der Waals surface area contributed by atoms with Gasteiger partial charge in [-0.15, -0.1) is 0 Å². The summed E-state index contributed by atoms with van der Waals surface area (Å²) in [5.74, 6) is 5.38. The van der Waals surface area contributed by atoms with Gasteiger partial charge in [-0.25, -0.2) is 4.39 Å². The number of halogens is 3. The molecule has 2 nitrogen and oxygen atoms in total. The maximum absolute atomic E-state index is 13.3. The Kier molecular flexibility index (Phi) is 5.59. The molecule has 1 unspecified atom stereocenters. The van der Waals surface area contributed by atoms with Crippen molar-refractivity contribution in [1.82, 2.24) is 5.43 Å². The van der Waals surface area contributed by atoms with Gasteiger partial charge in [0.2, 0.25) is 0 Å². The van der Waals surface area contributed by atoms with E-state index in [0.717, 1.165) is 16.7 Å². The zero-order chi connectivity index (χ0) is 15.4. The number of aryl methyl sites for hydroxylation is 1. The van der Waals surface area contributed by atoms with Gasteiger partial charge in [0.1, 0.15) is 5.82 Å². The van der Waals surface area contributed by atoms with E-state index in [1.165, 1.54) is 6.07 Å². The van der Waals surface area contributed by atoms with Crippen LogP contribution in [0.4, 0.5) is 4.39 Å². The number of hydrogen-bond acceptors (Lipinski definition) is 2. The lowest BCUT2D eigenvalue weighted by Gasteiger charge is -2.18. The summed E-state index contributed by atoms with van der Waals surface area (Å²) >= 11 is 12.1. The van der Waals surface area contributed by atoms with Crippen molar-refractivity contribution in [3.8, 4) is 0 Å². The fraction of sp³-hybridized carbons (Fsp3) is 0.250. The highest BCUT2D eigenvalue weighted by Crippen LogP contribution is 2.23. The number of benzene rings is 2. The van der Waals surface area contributed by atoms with Crippen LogP contribution in [-0.2, 0) is 12.8 Å². The first-order chi connectivity index (χ1) is 9.99. The Labute approximate surface area is 134 Å². The van der Waals surface area contributed by atoms with E-state index in [2.05, 4.69) is 5.43 Å². The van der Waals surface area contributed by atoms with Crippen LogP contribution in [0, 0.1) is 12.7 Å². The lowest BCUT2D eigenvalue weighted by Crippen LogP contribution is -2.38. The Morgan fingerprint density at radius 1 is 1.10 bits per heavy atom. The van der Waals surface area contributed by atoms with Gasteiger partial charge >= 0.3 is 0 Å². The van der Waals surface area contributed by atoms with E-state index in [-0.39, 0.29) is 11.9 Å². The first-order valence-electron chi connectivity index (χ1n) is 6.64. The van der Waals surface area contributed by atoms with Gasteiger partial charge in [-0.05, 0) is 60.7 Å². The summed E-state index contributed by atoms with van der Waals surface area (Å²) in [5, 5.41) is 1.21. The largest absolute Gasteiger partial charge is 0.271 e. The summed E-state index contributed by atoms with van der Waals surface area (Å²) in [7, 11) is 0. The predicted molar refractivity (Wildman–Crippen MR) is 86.1 cm³/mol. The highest BCUT2D eigenvalue weighted by Gasteiger charge is 2.13. The molecular formula is C16H17Cl2FN2. The zero-order valence-corrected chi connectivity index (χ0v) is 13.2. The maximum atomic E-state index is 13.3. The summed E-state index contributed by atoms with van der Waals surface area (Å²) in [4.78, 5) is 0. The van der Waals surface area contributed by atoms with E-state index in [1.54, 1.807) is 24.3 Å². The first-order valence-corrected chi connectivity index (χ1v) is 7.40. The molecule has 0 saturated heterocycles. The van der Waals surface area contributed by atoms with Gasteiger partial charge in [-0.1, -0.05) is 35.3 Å². The van der Waals surface area contributed by atoms with Gasteiger partial charge < -0.3 is 0 Å². The third-order valence-corrected chi connectivity index (χ3v) is 4.08. The number of hydrogen-bond donors (Lipinski definition) is 2. The van der Waals surface area contributed by atoms with Crippen LogP contribution in [0.5, 0.6) is 0 Å². The van der Waals surface area contributed by atoms with E-state index in [9.17, 15) is 4.39 Å². The molecule has 0 radical (unpaired) electrons. The van der Waals surface area contributed by atoms with Gasteiger partial charge in [0.25, 0.3) is 0 Å². The summed E-state index contributed by atoms with van der Waals surface area (Å²) in [6, 6.07) is 10.1. The standard InChI is InChI=1S/C16H17Cl2FN2/c1-10-2-5-14(19)6-12(10)8-15(21-20)7-11-3-4-13(17)9-16(11)18/h2-6,9,15,21H,7-8,20H2,1H3. The van der Waals surface area contributed by atoms with Crippen molar-refractivity contribution in [2.75, 3.05) is 0 Å². The minimum Gasteiger partial charge on any atom is -0.271 e. The molecule has 0 spiro atoms. The van der Waals surface area contributed by atoms with E-state index in [0.29, 0.717) is 22.9 Å². The molecular weight excluding hydrogens is 310 g/mol. The molecule has 0 aromatic heterocycles. The van der Waals surface area contributed by atoms with Crippen molar-refractivity contribution in [3.05, 3.63) is 69.0 Å². The molecule has 0 heterocycles. The second kappa shape index (κ2) is 7.23. The predicted octanol–water partition coefficient (Wildman–Crippen LogP) is 4.06. The number of nitrogens with two attached hydrogens (primary N) is 1. The highest BCUT2D eigenvalue weighted by atomic mass is 35.5. The Bertz CT molecular complexity index is 632. The molecule has 0 bridgehead atoms. The molecule has 21 heavy (non-hydrogen) atoms. The second-order valence-corrected chi connectivity index (χ2v) is 5.92. The first kappa shape index (κ1) is 16.2. The summed E-state index contributed by atoms with van der Waals surface area (Å²) in [6.45, 7) is 1.96. The molecule has 1 atom stereocenters. The molecule has 0 aliphatic heterocycles. The van der Waals surface area contributed by atoms with Crippen LogP contribution in [-0.4, -0.2) is 6.04 Å². The van der Waals surface area contributed by atoms with E-state index in [4.69, 9.17) is 29.0 Å². The van der Waals surface area contributed by atoms with Gasteiger partial charge in [0, 0.05) is 16.1 Å². The molecule has 112 valence electrons. The Morgan fingerprint density at radius 2 is 1.81 bits per heavy atom. The fourth-order valence-corrected chi connectivity index (χ4v) is 2.75. The topological polar surface area (TPSA) is 38.0 Å². The summed E-state index contributed by atoms with van der Waals surface area (Å²) in [6.07, 6.45) is 1.27. The fourth-order valence-electron chi connectivity index (χ4n) is 2.27. The van der Waals surface area contributed by atoms with E-state index in [1.807, 2.05) is 13.0 Å². The van der Waals surface area contributed by atoms with Gasteiger partial charge in [0.05, 0.1) is 0 Å². The quantitative estimate of drug-likeness (QED) is 0.642. The summed E-state index contributed by atoms with van der Waals surface area (Å²) < 4.78 is 13.3. The smallest absolute Gasteiger partial charge is 0.123 e. The lowest BCUT2D eigenvalue weighted by atomic mass is 9.96. The van der Waals surface area contributed by atoms with E-state index >= 15 is 0 Å². The molecule has 5 heteroatoms. The summed E-state index contributed by atoms with van der Waals surface area (Å²) in [5.41, 5.74) is 5.70. The van der Waals surface area contributed by atoms with Crippen molar-refractivity contribution in [3.63, 3.8) is 0 Å². The molecule has 0 saturated carbocycles. The molecule has 3 N–H and O–H groups in total.